The number of aromatic nitrogens is 6. The summed E-state index contributed by atoms with van der Waals surface area (Å²) in [5.41, 5.74) is 1.70. The normalized spacial score (nSPS) is 13.9. The summed E-state index contributed by atoms with van der Waals surface area (Å²) in [5, 5.41) is 16.7. The largest absolute Gasteiger partial charge is 0.491 e. The fourth-order valence-corrected chi connectivity index (χ4v) is 2.90. The van der Waals surface area contributed by atoms with E-state index < -0.39 is 0 Å². The third-order valence-corrected chi connectivity index (χ3v) is 4.46. The highest BCUT2D eigenvalue weighted by atomic mass is 16.6. The molecule has 0 aliphatic carbocycles. The number of pyridine rings is 1. The van der Waals surface area contributed by atoms with E-state index in [9.17, 15) is 0 Å². The average Bonchev–Trinajstić information content (AvgIpc) is 3.34. The van der Waals surface area contributed by atoms with Gasteiger partial charge in [0.1, 0.15) is 24.2 Å². The Kier molecular flexibility index (Phi) is 4.64. The summed E-state index contributed by atoms with van der Waals surface area (Å²) in [5.74, 6) is 2.51. The number of nitrogens with zero attached hydrogens (tertiary/aromatic N) is 6. The van der Waals surface area contributed by atoms with Crippen LogP contribution in [0.15, 0.2) is 35.0 Å². The minimum atomic E-state index is 0.0812. The van der Waals surface area contributed by atoms with E-state index in [2.05, 4.69) is 25.4 Å². The summed E-state index contributed by atoms with van der Waals surface area (Å²) in [6.07, 6.45) is 1.75. The summed E-state index contributed by atoms with van der Waals surface area (Å²) < 4.78 is 28.9. The van der Waals surface area contributed by atoms with Gasteiger partial charge in [0.15, 0.2) is 17.1 Å². The van der Waals surface area contributed by atoms with E-state index in [1.807, 2.05) is 6.07 Å². The third kappa shape index (κ3) is 3.50. The van der Waals surface area contributed by atoms with Gasteiger partial charge >= 0.3 is 0 Å². The molecule has 0 N–H and O–H groups in total. The van der Waals surface area contributed by atoms with Crippen LogP contribution in [0.1, 0.15) is 11.5 Å². The maximum atomic E-state index is 5.89. The van der Waals surface area contributed by atoms with Crippen molar-refractivity contribution in [3.63, 3.8) is 0 Å². The quantitative estimate of drug-likeness (QED) is 0.446. The lowest BCUT2D eigenvalue weighted by Crippen LogP contribution is -2.38. The van der Waals surface area contributed by atoms with Crippen molar-refractivity contribution >= 4 is 5.65 Å². The van der Waals surface area contributed by atoms with Crippen molar-refractivity contribution in [2.24, 2.45) is 0 Å². The van der Waals surface area contributed by atoms with Gasteiger partial charge in [0.05, 0.1) is 26.0 Å². The summed E-state index contributed by atoms with van der Waals surface area (Å²) in [6.45, 7) is 3.17. The van der Waals surface area contributed by atoms with Gasteiger partial charge in [0.25, 0.3) is 5.88 Å². The molecule has 30 heavy (non-hydrogen) atoms. The Hall–Kier alpha value is -3.73. The average molecular weight is 410 g/mol. The molecule has 0 spiro atoms. The molecule has 1 aliphatic heterocycles. The van der Waals surface area contributed by atoms with Crippen molar-refractivity contribution in [2.45, 2.75) is 19.6 Å². The first-order valence-electron chi connectivity index (χ1n) is 9.26. The van der Waals surface area contributed by atoms with Crippen LogP contribution in [-0.4, -0.2) is 56.4 Å². The molecule has 0 amide bonds. The Morgan fingerprint density at radius 3 is 2.83 bits per heavy atom. The molecule has 11 nitrogen and oxygen atoms in total. The summed E-state index contributed by atoms with van der Waals surface area (Å²) in [6, 6.07) is 7.07. The first-order valence-corrected chi connectivity index (χ1v) is 9.26. The maximum absolute atomic E-state index is 5.89. The molecule has 4 aromatic rings. The lowest BCUT2D eigenvalue weighted by atomic mass is 10.3. The molecule has 0 bridgehead atoms. The predicted octanol–water partition coefficient (Wildman–Crippen LogP) is 1.85. The van der Waals surface area contributed by atoms with E-state index in [4.69, 9.17) is 23.5 Å². The number of ether oxygens (including phenoxy) is 4. The zero-order valence-electron chi connectivity index (χ0n) is 16.3. The van der Waals surface area contributed by atoms with Gasteiger partial charge in [-0.2, -0.15) is 4.52 Å². The molecule has 0 saturated carbocycles. The van der Waals surface area contributed by atoms with Gasteiger partial charge in [0.2, 0.25) is 5.82 Å². The molecule has 5 heterocycles. The molecule has 1 fully saturated rings. The Morgan fingerprint density at radius 1 is 1.20 bits per heavy atom. The molecule has 0 aromatic carbocycles. The van der Waals surface area contributed by atoms with Crippen molar-refractivity contribution in [1.29, 1.82) is 0 Å². The first kappa shape index (κ1) is 18.3. The smallest absolute Gasteiger partial charge is 0.275 e. The molecule has 11 heteroatoms. The van der Waals surface area contributed by atoms with Crippen LogP contribution in [0.3, 0.4) is 0 Å². The lowest BCUT2D eigenvalue weighted by molar-refractivity contribution is -0.0797. The van der Waals surface area contributed by atoms with Gasteiger partial charge in [-0.05, 0) is 13.0 Å². The summed E-state index contributed by atoms with van der Waals surface area (Å²) >= 11 is 0. The fraction of sp³-hybridized carbons (Fsp3) is 0.316. The molecule has 1 saturated heterocycles. The van der Waals surface area contributed by atoms with Crippen LogP contribution in [0.4, 0.5) is 0 Å². The van der Waals surface area contributed by atoms with E-state index in [0.29, 0.717) is 47.6 Å². The lowest BCUT2D eigenvalue weighted by Gasteiger charge is -2.26. The van der Waals surface area contributed by atoms with Crippen molar-refractivity contribution in [3.8, 4) is 28.9 Å². The highest BCUT2D eigenvalue weighted by Gasteiger charge is 2.21. The number of hydrogen-bond donors (Lipinski definition) is 0. The second-order valence-corrected chi connectivity index (χ2v) is 6.68. The molecule has 0 radical (unpaired) electrons. The van der Waals surface area contributed by atoms with Crippen molar-refractivity contribution in [1.82, 2.24) is 30.0 Å². The third-order valence-electron chi connectivity index (χ3n) is 4.46. The highest BCUT2D eigenvalue weighted by molar-refractivity contribution is 5.56. The van der Waals surface area contributed by atoms with E-state index >= 15 is 0 Å². The summed E-state index contributed by atoms with van der Waals surface area (Å²) in [7, 11) is 1.53. The fourth-order valence-electron chi connectivity index (χ4n) is 2.90. The molecule has 0 atom stereocenters. The molecule has 154 valence electrons. The summed E-state index contributed by atoms with van der Waals surface area (Å²) in [4.78, 5) is 4.32. The molecular weight excluding hydrogens is 392 g/mol. The van der Waals surface area contributed by atoms with Crippen LogP contribution in [0.2, 0.25) is 0 Å². The monoisotopic (exact) mass is 410 g/mol. The second-order valence-electron chi connectivity index (χ2n) is 6.68. The maximum Gasteiger partial charge on any atom is 0.275 e. The minimum Gasteiger partial charge on any atom is -0.491 e. The Morgan fingerprint density at radius 2 is 2.10 bits per heavy atom. The van der Waals surface area contributed by atoms with Gasteiger partial charge in [0, 0.05) is 24.4 Å². The van der Waals surface area contributed by atoms with Crippen molar-refractivity contribution in [2.75, 3.05) is 20.3 Å². The molecule has 5 rings (SSSR count). The highest BCUT2D eigenvalue weighted by Crippen LogP contribution is 2.28. The zero-order chi connectivity index (χ0) is 20.5. The minimum absolute atomic E-state index is 0.0812. The topological polar surface area (TPSA) is 119 Å². The second kappa shape index (κ2) is 7.59. The van der Waals surface area contributed by atoms with E-state index in [1.165, 1.54) is 11.6 Å². The molecule has 4 aromatic heterocycles. The van der Waals surface area contributed by atoms with Gasteiger partial charge in [-0.3, -0.25) is 4.98 Å². The van der Waals surface area contributed by atoms with Crippen molar-refractivity contribution in [3.05, 3.63) is 41.9 Å². The molecule has 0 unspecified atom stereocenters. The van der Waals surface area contributed by atoms with Crippen LogP contribution in [0.25, 0.3) is 17.2 Å². The standard InChI is InChI=1S/C19H18N6O5/c1-11-5-15(24-30-11)18-22-21-17-7-16(26-2)19(23-25(17)18)28-8-12-6-13(3-4-20-12)29-14-9-27-10-14/h3-7,14H,8-10H2,1-2H3. The number of hydrogen-bond acceptors (Lipinski definition) is 10. The van der Waals surface area contributed by atoms with Crippen LogP contribution in [0.5, 0.6) is 17.4 Å². The van der Waals surface area contributed by atoms with Crippen LogP contribution >= 0.6 is 0 Å². The molecule has 1 aliphatic rings. The van der Waals surface area contributed by atoms with E-state index in [-0.39, 0.29) is 18.6 Å². The van der Waals surface area contributed by atoms with Gasteiger partial charge in [-0.1, -0.05) is 5.16 Å². The van der Waals surface area contributed by atoms with Gasteiger partial charge in [-0.15, -0.1) is 15.3 Å². The van der Waals surface area contributed by atoms with Gasteiger partial charge < -0.3 is 23.5 Å². The van der Waals surface area contributed by atoms with Crippen molar-refractivity contribution < 1.29 is 23.5 Å². The number of methoxy groups -OCH3 is 1. The SMILES string of the molecule is COc1cc2nnc(-c3cc(C)on3)n2nc1OCc1cc(OC2COC2)ccn1. The van der Waals surface area contributed by atoms with E-state index in [0.717, 1.165) is 5.75 Å². The Balaban J connectivity index is 1.40. The number of aryl methyl sites for hydroxylation is 1. The Labute approximate surface area is 170 Å². The van der Waals surface area contributed by atoms with Gasteiger partial charge in [-0.25, -0.2) is 0 Å². The Bertz CT molecular complexity index is 1190. The van der Waals surface area contributed by atoms with E-state index in [1.54, 1.807) is 31.3 Å². The van der Waals surface area contributed by atoms with Crippen LogP contribution in [0, 0.1) is 6.92 Å². The number of fused-ring (bicyclic) bond motifs is 1. The molecular formula is C19H18N6O5. The predicted molar refractivity (Wildman–Crippen MR) is 101 cm³/mol. The first-order chi connectivity index (χ1) is 14.7. The zero-order valence-corrected chi connectivity index (χ0v) is 16.3. The van der Waals surface area contributed by atoms with Crippen LogP contribution in [-0.2, 0) is 11.3 Å². The number of rotatable bonds is 7. The van der Waals surface area contributed by atoms with Crippen LogP contribution < -0.4 is 14.2 Å².